The van der Waals surface area contributed by atoms with Crippen molar-refractivity contribution in [1.29, 1.82) is 0 Å². The third-order valence-corrected chi connectivity index (χ3v) is 3.42. The number of aliphatic carboxylic acids is 1. The number of hydrogen-bond acceptors (Lipinski definition) is 5. The minimum absolute atomic E-state index is 0.0783. The number of carbonyl (C=O) groups is 1. The molecule has 100 valence electrons. The van der Waals surface area contributed by atoms with Crippen molar-refractivity contribution in [2.45, 2.75) is 25.5 Å². The summed E-state index contributed by atoms with van der Waals surface area (Å²) in [5, 5.41) is 16.6. The second-order valence-electron chi connectivity index (χ2n) is 4.25. The van der Waals surface area contributed by atoms with E-state index in [2.05, 4.69) is 28.4 Å². The van der Waals surface area contributed by atoms with Crippen LogP contribution in [0.5, 0.6) is 0 Å². The van der Waals surface area contributed by atoms with Crippen molar-refractivity contribution in [2.24, 2.45) is 0 Å². The molecule has 5 nitrogen and oxygen atoms in total. The van der Waals surface area contributed by atoms with Gasteiger partial charge in [0, 0.05) is 0 Å². The number of rotatable bonds is 5. The molecule has 0 atom stereocenters. The Hall–Kier alpha value is -1.82. The zero-order valence-corrected chi connectivity index (χ0v) is 11.5. The number of hydrogen-bond donors (Lipinski definition) is 1. The lowest BCUT2D eigenvalue weighted by molar-refractivity contribution is -0.133. The Morgan fingerprint density at radius 2 is 2.16 bits per heavy atom. The van der Waals surface area contributed by atoms with Crippen molar-refractivity contribution >= 4 is 17.7 Å². The molecule has 0 saturated heterocycles. The second kappa shape index (κ2) is 5.88. The maximum atomic E-state index is 10.4. The Kier molecular flexibility index (Phi) is 4.21. The summed E-state index contributed by atoms with van der Waals surface area (Å²) in [4.78, 5) is 10.4. The molecule has 1 aromatic carbocycles. The van der Waals surface area contributed by atoms with Gasteiger partial charge in [0.25, 0.3) is 5.22 Å². The molecule has 1 aromatic heterocycles. The van der Waals surface area contributed by atoms with Crippen LogP contribution in [0.15, 0.2) is 27.8 Å². The lowest BCUT2D eigenvalue weighted by atomic mass is 10.0. The summed E-state index contributed by atoms with van der Waals surface area (Å²) in [5.74, 6) is -0.480. The molecule has 0 aliphatic carbocycles. The van der Waals surface area contributed by atoms with Crippen LogP contribution < -0.4 is 0 Å². The van der Waals surface area contributed by atoms with Gasteiger partial charge in [0.05, 0.1) is 6.42 Å². The van der Waals surface area contributed by atoms with Gasteiger partial charge in [-0.2, -0.15) is 0 Å². The quantitative estimate of drug-likeness (QED) is 0.847. The van der Waals surface area contributed by atoms with E-state index in [0.29, 0.717) is 17.5 Å². The molecule has 1 heterocycles. The minimum atomic E-state index is -0.903. The van der Waals surface area contributed by atoms with Gasteiger partial charge < -0.3 is 9.52 Å². The molecule has 0 bridgehead atoms. The summed E-state index contributed by atoms with van der Waals surface area (Å²) in [7, 11) is 0. The second-order valence-corrected chi connectivity index (χ2v) is 5.18. The summed E-state index contributed by atoms with van der Waals surface area (Å²) in [6.07, 6.45) is 0.564. The molecule has 0 aliphatic heterocycles. The molecule has 6 heteroatoms. The van der Waals surface area contributed by atoms with Crippen molar-refractivity contribution in [3.05, 3.63) is 40.8 Å². The van der Waals surface area contributed by atoms with Crippen molar-refractivity contribution < 1.29 is 14.3 Å². The van der Waals surface area contributed by atoms with Crippen molar-refractivity contribution in [1.82, 2.24) is 10.2 Å². The fourth-order valence-corrected chi connectivity index (χ4v) is 2.15. The third kappa shape index (κ3) is 3.82. The van der Waals surface area contributed by atoms with Crippen LogP contribution in [0.1, 0.15) is 22.6 Å². The van der Waals surface area contributed by atoms with Crippen LogP contribution in [-0.4, -0.2) is 27.0 Å². The number of carboxylic acids is 1. The standard InChI is InChI=1S/C13H14N2O3S/c1-8-3-4-9(2)10(5-8)6-11-14-15-13(18-11)19-7-12(16)17/h3-5H,6-7H2,1-2H3,(H,16,17). The van der Waals surface area contributed by atoms with E-state index in [4.69, 9.17) is 9.52 Å². The Morgan fingerprint density at radius 1 is 1.37 bits per heavy atom. The molecule has 0 amide bonds. The Bertz CT molecular complexity index is 595. The van der Waals surface area contributed by atoms with Crippen LogP contribution in [0.2, 0.25) is 0 Å². The predicted octanol–water partition coefficient (Wildman–Crippen LogP) is 2.45. The van der Waals surface area contributed by atoms with Crippen LogP contribution in [-0.2, 0) is 11.2 Å². The monoisotopic (exact) mass is 278 g/mol. The Morgan fingerprint density at radius 3 is 2.89 bits per heavy atom. The molecule has 0 radical (unpaired) electrons. The van der Waals surface area contributed by atoms with Gasteiger partial charge >= 0.3 is 5.97 Å². The van der Waals surface area contributed by atoms with Crippen LogP contribution in [0.25, 0.3) is 0 Å². The molecule has 0 fully saturated rings. The van der Waals surface area contributed by atoms with Crippen molar-refractivity contribution in [3.8, 4) is 0 Å². The van der Waals surface area contributed by atoms with E-state index in [1.165, 1.54) is 11.1 Å². The molecule has 19 heavy (non-hydrogen) atoms. The molecular formula is C13H14N2O3S. The normalized spacial score (nSPS) is 10.6. The summed E-state index contributed by atoms with van der Waals surface area (Å²) >= 11 is 1.03. The van der Waals surface area contributed by atoms with Crippen LogP contribution in [0.4, 0.5) is 0 Å². The molecule has 2 aromatic rings. The molecule has 0 saturated carbocycles. The summed E-state index contributed by atoms with van der Waals surface area (Å²) < 4.78 is 5.41. The van der Waals surface area contributed by atoms with Gasteiger partial charge in [0.1, 0.15) is 5.75 Å². The Labute approximate surface area is 115 Å². The highest BCUT2D eigenvalue weighted by Gasteiger charge is 2.10. The average Bonchev–Trinajstić information content (AvgIpc) is 2.79. The SMILES string of the molecule is Cc1ccc(C)c(Cc2nnc(SCC(=O)O)o2)c1. The Balaban J connectivity index is 2.07. The van der Waals surface area contributed by atoms with Gasteiger partial charge in [-0.1, -0.05) is 35.5 Å². The van der Waals surface area contributed by atoms with Gasteiger partial charge in [0.15, 0.2) is 0 Å². The lowest BCUT2D eigenvalue weighted by Gasteiger charge is -2.03. The number of benzene rings is 1. The smallest absolute Gasteiger partial charge is 0.314 e. The maximum absolute atomic E-state index is 10.4. The van der Waals surface area contributed by atoms with E-state index >= 15 is 0 Å². The van der Waals surface area contributed by atoms with E-state index in [1.807, 2.05) is 13.8 Å². The topological polar surface area (TPSA) is 76.2 Å². The van der Waals surface area contributed by atoms with Gasteiger partial charge in [-0.15, -0.1) is 10.2 Å². The number of nitrogens with zero attached hydrogens (tertiary/aromatic N) is 2. The summed E-state index contributed by atoms with van der Waals surface area (Å²) in [5.41, 5.74) is 3.49. The molecular weight excluding hydrogens is 264 g/mol. The number of thioether (sulfide) groups is 1. The number of carboxylic acid groups (broad SMARTS) is 1. The highest BCUT2D eigenvalue weighted by Crippen LogP contribution is 2.19. The van der Waals surface area contributed by atoms with E-state index in [9.17, 15) is 4.79 Å². The highest BCUT2D eigenvalue weighted by atomic mass is 32.2. The molecule has 1 N–H and O–H groups in total. The van der Waals surface area contributed by atoms with E-state index < -0.39 is 5.97 Å². The lowest BCUT2D eigenvalue weighted by Crippen LogP contribution is -1.97. The predicted molar refractivity (Wildman–Crippen MR) is 71.4 cm³/mol. The number of aromatic nitrogens is 2. The van der Waals surface area contributed by atoms with E-state index in [1.54, 1.807) is 0 Å². The first-order valence-corrected chi connectivity index (χ1v) is 6.76. The fourth-order valence-electron chi connectivity index (χ4n) is 1.65. The maximum Gasteiger partial charge on any atom is 0.314 e. The molecule has 0 aliphatic rings. The molecule has 0 spiro atoms. The van der Waals surface area contributed by atoms with E-state index in [-0.39, 0.29) is 5.75 Å². The third-order valence-electron chi connectivity index (χ3n) is 2.61. The summed E-state index contributed by atoms with van der Waals surface area (Å²) in [6.45, 7) is 4.07. The van der Waals surface area contributed by atoms with Crippen LogP contribution in [0, 0.1) is 13.8 Å². The minimum Gasteiger partial charge on any atom is -0.481 e. The average molecular weight is 278 g/mol. The first-order valence-electron chi connectivity index (χ1n) is 5.77. The van der Waals surface area contributed by atoms with Gasteiger partial charge in [-0.05, 0) is 25.0 Å². The highest BCUT2D eigenvalue weighted by molar-refractivity contribution is 7.99. The van der Waals surface area contributed by atoms with Crippen molar-refractivity contribution in [2.75, 3.05) is 5.75 Å². The zero-order valence-electron chi connectivity index (χ0n) is 10.7. The van der Waals surface area contributed by atoms with Gasteiger partial charge in [-0.3, -0.25) is 4.79 Å². The van der Waals surface area contributed by atoms with E-state index in [0.717, 1.165) is 17.3 Å². The van der Waals surface area contributed by atoms with Crippen LogP contribution >= 0.6 is 11.8 Å². The zero-order chi connectivity index (χ0) is 13.8. The van der Waals surface area contributed by atoms with Gasteiger partial charge in [-0.25, -0.2) is 0 Å². The first-order chi connectivity index (χ1) is 9.04. The van der Waals surface area contributed by atoms with Gasteiger partial charge in [0.2, 0.25) is 5.89 Å². The molecule has 2 rings (SSSR count). The van der Waals surface area contributed by atoms with Crippen LogP contribution in [0.3, 0.4) is 0 Å². The summed E-state index contributed by atoms with van der Waals surface area (Å²) in [6, 6.07) is 6.20. The first kappa shape index (κ1) is 13.6. The number of aryl methyl sites for hydroxylation is 2. The fraction of sp³-hybridized carbons (Fsp3) is 0.308. The van der Waals surface area contributed by atoms with Crippen molar-refractivity contribution in [3.63, 3.8) is 0 Å². The molecule has 0 unspecified atom stereocenters. The largest absolute Gasteiger partial charge is 0.481 e.